The summed E-state index contributed by atoms with van der Waals surface area (Å²) in [5.74, 6) is -0.435. The van der Waals surface area contributed by atoms with Crippen LogP contribution >= 0.6 is 0 Å². The molecule has 8 nitrogen and oxygen atoms in total. The monoisotopic (exact) mass is 424 g/mol. The molecule has 3 heterocycles. The Balaban J connectivity index is 1.76. The molecule has 0 atom stereocenters. The molecule has 1 aliphatic heterocycles. The number of nitrogens with zero attached hydrogens (tertiary/aromatic N) is 3. The first-order valence-electron chi connectivity index (χ1n) is 9.82. The normalized spacial score (nSPS) is 13.1. The number of nitrogens with one attached hydrogen (secondary N) is 1. The number of amides is 2. The van der Waals surface area contributed by atoms with Crippen LogP contribution in [0.4, 0.5) is 4.39 Å². The highest BCUT2D eigenvalue weighted by Crippen LogP contribution is 2.22. The second kappa shape index (κ2) is 8.17. The predicted octanol–water partition coefficient (Wildman–Crippen LogP) is 2.11. The van der Waals surface area contributed by atoms with E-state index in [2.05, 4.69) is 10.5 Å². The molecular weight excluding hydrogens is 403 g/mol. The third-order valence-corrected chi connectivity index (χ3v) is 5.28. The van der Waals surface area contributed by atoms with Gasteiger partial charge in [-0.15, -0.1) is 0 Å². The number of carbonyl (C=O) groups is 2. The number of aryl methyl sites for hydroxylation is 1. The lowest BCUT2D eigenvalue weighted by Crippen LogP contribution is -2.40. The lowest BCUT2D eigenvalue weighted by atomic mass is 9.95. The molecule has 2 amide bonds. The number of rotatable bonds is 4. The van der Waals surface area contributed by atoms with Crippen LogP contribution in [0.15, 0.2) is 45.8 Å². The van der Waals surface area contributed by atoms with Gasteiger partial charge in [-0.2, -0.15) is 0 Å². The van der Waals surface area contributed by atoms with Crippen LogP contribution < -0.4 is 10.9 Å². The Morgan fingerprint density at radius 2 is 2.00 bits per heavy atom. The molecule has 0 saturated heterocycles. The summed E-state index contributed by atoms with van der Waals surface area (Å²) in [6.45, 7) is 4.04. The Kier molecular flexibility index (Phi) is 5.41. The number of hydrogen-bond acceptors (Lipinski definition) is 5. The van der Waals surface area contributed by atoms with Crippen molar-refractivity contribution >= 4 is 11.8 Å². The molecular formula is C22H21FN4O4. The molecule has 3 aromatic rings. The van der Waals surface area contributed by atoms with Gasteiger partial charge in [-0.05, 0) is 48.7 Å². The number of pyridine rings is 1. The van der Waals surface area contributed by atoms with Crippen molar-refractivity contribution in [3.63, 3.8) is 0 Å². The summed E-state index contributed by atoms with van der Waals surface area (Å²) in [7, 11) is 0. The summed E-state index contributed by atoms with van der Waals surface area (Å²) in [6, 6.07) is 7.12. The number of benzene rings is 1. The van der Waals surface area contributed by atoms with E-state index < -0.39 is 17.3 Å². The van der Waals surface area contributed by atoms with E-state index in [9.17, 15) is 18.8 Å². The standard InChI is InChI=1S/C22H21FN4O4/c1-13-9-17(25-31-13)10-24-21(29)20-19-7-8-26(14(2)28)11-15(19)12-27(22(20)30)18-5-3-16(23)4-6-18/h3-6,9,12H,7-8,10-11H2,1-2H3,(H,24,29). The lowest BCUT2D eigenvalue weighted by molar-refractivity contribution is -0.129. The van der Waals surface area contributed by atoms with Gasteiger partial charge in [0.25, 0.3) is 11.5 Å². The maximum Gasteiger partial charge on any atom is 0.268 e. The Hall–Kier alpha value is -3.75. The van der Waals surface area contributed by atoms with Gasteiger partial charge in [-0.25, -0.2) is 4.39 Å². The van der Waals surface area contributed by atoms with Gasteiger partial charge in [0, 0.05) is 38.0 Å². The summed E-state index contributed by atoms with van der Waals surface area (Å²) < 4.78 is 19.7. The molecule has 1 N–H and O–H groups in total. The van der Waals surface area contributed by atoms with Crippen LogP contribution in [0.1, 0.15) is 39.9 Å². The van der Waals surface area contributed by atoms with Crippen LogP contribution in [-0.4, -0.2) is 33.0 Å². The van der Waals surface area contributed by atoms with Crippen molar-refractivity contribution in [1.29, 1.82) is 0 Å². The Morgan fingerprint density at radius 3 is 2.65 bits per heavy atom. The van der Waals surface area contributed by atoms with E-state index in [4.69, 9.17) is 4.52 Å². The highest BCUT2D eigenvalue weighted by Gasteiger charge is 2.27. The minimum Gasteiger partial charge on any atom is -0.361 e. The van der Waals surface area contributed by atoms with Crippen molar-refractivity contribution in [2.45, 2.75) is 33.4 Å². The first-order valence-corrected chi connectivity index (χ1v) is 9.82. The third kappa shape index (κ3) is 4.11. The van der Waals surface area contributed by atoms with E-state index in [1.165, 1.54) is 35.8 Å². The molecule has 2 aromatic heterocycles. The molecule has 0 bridgehead atoms. The highest BCUT2D eigenvalue weighted by atomic mass is 19.1. The van der Waals surface area contributed by atoms with E-state index in [1.54, 1.807) is 24.1 Å². The average Bonchev–Trinajstić information content (AvgIpc) is 3.17. The molecule has 4 rings (SSSR count). The lowest BCUT2D eigenvalue weighted by Gasteiger charge is -2.29. The van der Waals surface area contributed by atoms with Crippen molar-refractivity contribution in [2.24, 2.45) is 0 Å². The summed E-state index contributed by atoms with van der Waals surface area (Å²) in [6.07, 6.45) is 2.01. The first kappa shape index (κ1) is 20.5. The number of carbonyl (C=O) groups excluding carboxylic acids is 2. The maximum atomic E-state index is 13.4. The zero-order valence-corrected chi connectivity index (χ0v) is 17.1. The fraction of sp³-hybridized carbons (Fsp3) is 0.273. The Labute approximate surface area is 177 Å². The number of aromatic nitrogens is 2. The van der Waals surface area contributed by atoms with Gasteiger partial charge in [-0.3, -0.25) is 19.0 Å². The van der Waals surface area contributed by atoms with Gasteiger partial charge in [-0.1, -0.05) is 5.16 Å². The second-order valence-electron chi connectivity index (χ2n) is 7.46. The Bertz CT molecular complexity index is 1210. The highest BCUT2D eigenvalue weighted by molar-refractivity contribution is 5.96. The van der Waals surface area contributed by atoms with Crippen molar-refractivity contribution in [3.05, 3.63) is 80.8 Å². The van der Waals surface area contributed by atoms with E-state index in [0.29, 0.717) is 41.2 Å². The van der Waals surface area contributed by atoms with Gasteiger partial charge >= 0.3 is 0 Å². The van der Waals surface area contributed by atoms with Gasteiger partial charge < -0.3 is 14.7 Å². The maximum absolute atomic E-state index is 13.4. The van der Waals surface area contributed by atoms with Crippen LogP contribution in [-0.2, 0) is 24.3 Å². The van der Waals surface area contributed by atoms with Crippen molar-refractivity contribution in [2.75, 3.05) is 6.54 Å². The molecule has 0 spiro atoms. The molecule has 160 valence electrons. The minimum atomic E-state index is -0.533. The third-order valence-electron chi connectivity index (χ3n) is 5.28. The molecule has 1 aromatic carbocycles. The van der Waals surface area contributed by atoms with E-state index in [1.807, 2.05) is 0 Å². The summed E-state index contributed by atoms with van der Waals surface area (Å²) in [5, 5.41) is 6.57. The zero-order chi connectivity index (χ0) is 22.1. The second-order valence-corrected chi connectivity index (χ2v) is 7.46. The smallest absolute Gasteiger partial charge is 0.268 e. The number of halogens is 1. The van der Waals surface area contributed by atoms with Crippen molar-refractivity contribution in [3.8, 4) is 5.69 Å². The van der Waals surface area contributed by atoms with Crippen LogP contribution in [0.2, 0.25) is 0 Å². The number of fused-ring (bicyclic) bond motifs is 1. The SMILES string of the molecule is CC(=O)N1CCc2c(cn(-c3ccc(F)cc3)c(=O)c2C(=O)NCc2cc(C)on2)C1. The van der Waals surface area contributed by atoms with Crippen LogP contribution in [0.3, 0.4) is 0 Å². The summed E-state index contributed by atoms with van der Waals surface area (Å²) in [5.41, 5.74) is 1.80. The van der Waals surface area contributed by atoms with Crippen molar-refractivity contribution in [1.82, 2.24) is 19.9 Å². The van der Waals surface area contributed by atoms with Crippen LogP contribution in [0.25, 0.3) is 5.69 Å². The summed E-state index contributed by atoms with van der Waals surface area (Å²) in [4.78, 5) is 39.9. The van der Waals surface area contributed by atoms with Gasteiger partial charge in [0.2, 0.25) is 5.91 Å². The largest absolute Gasteiger partial charge is 0.361 e. The number of hydrogen-bond donors (Lipinski definition) is 1. The molecule has 0 saturated carbocycles. The minimum absolute atomic E-state index is 0.0187. The summed E-state index contributed by atoms with van der Waals surface area (Å²) >= 11 is 0. The molecule has 0 radical (unpaired) electrons. The Morgan fingerprint density at radius 1 is 1.26 bits per heavy atom. The molecule has 31 heavy (non-hydrogen) atoms. The van der Waals surface area contributed by atoms with Gasteiger partial charge in [0.15, 0.2) is 0 Å². The quantitative estimate of drug-likeness (QED) is 0.692. The topological polar surface area (TPSA) is 97.4 Å². The van der Waals surface area contributed by atoms with Crippen LogP contribution in [0, 0.1) is 12.7 Å². The van der Waals surface area contributed by atoms with Crippen LogP contribution in [0.5, 0.6) is 0 Å². The van der Waals surface area contributed by atoms with Gasteiger partial charge in [0.1, 0.15) is 22.8 Å². The van der Waals surface area contributed by atoms with E-state index in [0.717, 1.165) is 0 Å². The molecule has 0 unspecified atom stereocenters. The molecule has 0 fully saturated rings. The average molecular weight is 424 g/mol. The fourth-order valence-electron chi connectivity index (χ4n) is 3.71. The predicted molar refractivity (Wildman–Crippen MR) is 109 cm³/mol. The van der Waals surface area contributed by atoms with E-state index >= 15 is 0 Å². The first-order chi connectivity index (χ1) is 14.8. The van der Waals surface area contributed by atoms with Gasteiger partial charge in [0.05, 0.1) is 6.54 Å². The zero-order valence-electron chi connectivity index (χ0n) is 17.1. The molecule has 0 aliphatic carbocycles. The molecule has 1 aliphatic rings. The van der Waals surface area contributed by atoms with E-state index in [-0.39, 0.29) is 24.6 Å². The fourth-order valence-corrected chi connectivity index (χ4v) is 3.71. The molecule has 9 heteroatoms. The van der Waals surface area contributed by atoms with Crippen molar-refractivity contribution < 1.29 is 18.5 Å².